The SMILES string of the molecule is CCCNCc1ccc(NC(=O)C2CC2)cc1. The van der Waals surface area contributed by atoms with Crippen molar-refractivity contribution in [3.8, 4) is 0 Å². The number of carbonyl (C=O) groups is 1. The molecule has 1 aromatic carbocycles. The fourth-order valence-corrected chi connectivity index (χ4v) is 1.71. The van der Waals surface area contributed by atoms with E-state index in [2.05, 4.69) is 29.7 Å². The second kappa shape index (κ2) is 5.82. The highest BCUT2D eigenvalue weighted by Crippen LogP contribution is 2.30. The first kappa shape index (κ1) is 12.1. The molecule has 1 amide bonds. The largest absolute Gasteiger partial charge is 0.326 e. The smallest absolute Gasteiger partial charge is 0.227 e. The molecule has 0 unspecified atom stereocenters. The molecule has 92 valence electrons. The minimum absolute atomic E-state index is 0.168. The molecule has 2 N–H and O–H groups in total. The predicted octanol–water partition coefficient (Wildman–Crippen LogP) is 2.53. The van der Waals surface area contributed by atoms with E-state index < -0.39 is 0 Å². The molecule has 0 saturated heterocycles. The summed E-state index contributed by atoms with van der Waals surface area (Å²) < 4.78 is 0. The predicted molar refractivity (Wildman–Crippen MR) is 69.8 cm³/mol. The summed E-state index contributed by atoms with van der Waals surface area (Å²) in [5.74, 6) is 0.433. The lowest BCUT2D eigenvalue weighted by molar-refractivity contribution is -0.117. The quantitative estimate of drug-likeness (QED) is 0.740. The monoisotopic (exact) mass is 232 g/mol. The highest BCUT2D eigenvalue weighted by atomic mass is 16.2. The molecular formula is C14H20N2O. The van der Waals surface area contributed by atoms with E-state index in [1.165, 1.54) is 5.56 Å². The van der Waals surface area contributed by atoms with Gasteiger partial charge in [-0.1, -0.05) is 19.1 Å². The molecule has 17 heavy (non-hydrogen) atoms. The average molecular weight is 232 g/mol. The number of hydrogen-bond acceptors (Lipinski definition) is 2. The van der Waals surface area contributed by atoms with E-state index in [9.17, 15) is 4.79 Å². The summed E-state index contributed by atoms with van der Waals surface area (Å²) in [7, 11) is 0. The summed E-state index contributed by atoms with van der Waals surface area (Å²) in [6.45, 7) is 4.09. The van der Waals surface area contributed by atoms with Crippen LogP contribution in [0.2, 0.25) is 0 Å². The lowest BCUT2D eigenvalue weighted by Gasteiger charge is -2.06. The Morgan fingerprint density at radius 3 is 2.59 bits per heavy atom. The van der Waals surface area contributed by atoms with E-state index in [-0.39, 0.29) is 11.8 Å². The molecule has 3 heteroatoms. The molecule has 0 aromatic heterocycles. The summed E-state index contributed by atoms with van der Waals surface area (Å²) in [5.41, 5.74) is 2.16. The Hall–Kier alpha value is -1.35. The van der Waals surface area contributed by atoms with Crippen LogP contribution in [-0.2, 0) is 11.3 Å². The minimum Gasteiger partial charge on any atom is -0.326 e. The van der Waals surface area contributed by atoms with Gasteiger partial charge in [0.15, 0.2) is 0 Å². The van der Waals surface area contributed by atoms with Gasteiger partial charge >= 0.3 is 0 Å². The van der Waals surface area contributed by atoms with Gasteiger partial charge in [0.1, 0.15) is 0 Å². The van der Waals surface area contributed by atoms with Gasteiger partial charge in [-0.3, -0.25) is 4.79 Å². The third-order valence-corrected chi connectivity index (χ3v) is 2.93. The Labute approximate surface area is 103 Å². The van der Waals surface area contributed by atoms with E-state index in [4.69, 9.17) is 0 Å². The Morgan fingerprint density at radius 1 is 1.29 bits per heavy atom. The lowest BCUT2D eigenvalue weighted by atomic mass is 10.2. The molecule has 2 rings (SSSR count). The summed E-state index contributed by atoms with van der Waals surface area (Å²) in [6, 6.07) is 8.07. The van der Waals surface area contributed by atoms with Crippen molar-refractivity contribution in [3.63, 3.8) is 0 Å². The standard InChI is InChI=1S/C14H20N2O/c1-2-9-15-10-11-3-7-13(8-4-11)16-14(17)12-5-6-12/h3-4,7-8,12,15H,2,5-6,9-10H2,1H3,(H,16,17). The summed E-state index contributed by atoms with van der Waals surface area (Å²) in [5, 5.41) is 6.29. The zero-order valence-corrected chi connectivity index (χ0v) is 10.3. The van der Waals surface area contributed by atoms with Gasteiger partial charge in [0.2, 0.25) is 5.91 Å². The zero-order chi connectivity index (χ0) is 12.1. The Kier molecular flexibility index (Phi) is 4.15. The van der Waals surface area contributed by atoms with Crippen molar-refractivity contribution < 1.29 is 4.79 Å². The zero-order valence-electron chi connectivity index (χ0n) is 10.3. The lowest BCUT2D eigenvalue weighted by Crippen LogP contribution is -2.14. The average Bonchev–Trinajstić information content (AvgIpc) is 3.16. The Bertz CT molecular complexity index is 368. The number of nitrogens with one attached hydrogen (secondary N) is 2. The molecule has 1 aliphatic carbocycles. The van der Waals surface area contributed by atoms with E-state index in [0.717, 1.165) is 38.0 Å². The molecule has 0 radical (unpaired) electrons. The number of rotatable bonds is 6. The maximum atomic E-state index is 11.5. The Morgan fingerprint density at radius 2 is 2.00 bits per heavy atom. The first-order valence-corrected chi connectivity index (χ1v) is 6.40. The molecule has 0 heterocycles. The van der Waals surface area contributed by atoms with Gasteiger partial charge in [0.25, 0.3) is 0 Å². The van der Waals surface area contributed by atoms with Crippen molar-refractivity contribution in [2.75, 3.05) is 11.9 Å². The number of anilines is 1. The van der Waals surface area contributed by atoms with Crippen LogP contribution >= 0.6 is 0 Å². The van der Waals surface area contributed by atoms with Gasteiger partial charge in [-0.2, -0.15) is 0 Å². The van der Waals surface area contributed by atoms with Crippen LogP contribution in [0.5, 0.6) is 0 Å². The van der Waals surface area contributed by atoms with Gasteiger partial charge in [-0.25, -0.2) is 0 Å². The van der Waals surface area contributed by atoms with Gasteiger partial charge in [-0.05, 0) is 43.5 Å². The van der Waals surface area contributed by atoms with Crippen molar-refractivity contribution >= 4 is 11.6 Å². The summed E-state index contributed by atoms with van der Waals surface area (Å²) in [6.07, 6.45) is 3.24. The fourth-order valence-electron chi connectivity index (χ4n) is 1.71. The van der Waals surface area contributed by atoms with Crippen LogP contribution in [0.15, 0.2) is 24.3 Å². The van der Waals surface area contributed by atoms with E-state index >= 15 is 0 Å². The summed E-state index contributed by atoms with van der Waals surface area (Å²) >= 11 is 0. The van der Waals surface area contributed by atoms with Crippen LogP contribution in [0.3, 0.4) is 0 Å². The Balaban J connectivity index is 1.82. The van der Waals surface area contributed by atoms with E-state index in [1.54, 1.807) is 0 Å². The fraction of sp³-hybridized carbons (Fsp3) is 0.500. The topological polar surface area (TPSA) is 41.1 Å². The van der Waals surface area contributed by atoms with Crippen molar-refractivity contribution in [1.82, 2.24) is 5.32 Å². The second-order valence-corrected chi connectivity index (χ2v) is 4.64. The second-order valence-electron chi connectivity index (χ2n) is 4.64. The number of hydrogen-bond donors (Lipinski definition) is 2. The maximum absolute atomic E-state index is 11.5. The highest BCUT2D eigenvalue weighted by Gasteiger charge is 2.29. The number of amides is 1. The first-order chi connectivity index (χ1) is 8.29. The van der Waals surface area contributed by atoms with Crippen molar-refractivity contribution in [1.29, 1.82) is 0 Å². The third-order valence-electron chi connectivity index (χ3n) is 2.93. The van der Waals surface area contributed by atoms with Gasteiger partial charge < -0.3 is 10.6 Å². The molecule has 1 aliphatic rings. The number of carbonyl (C=O) groups excluding carboxylic acids is 1. The van der Waals surface area contributed by atoms with E-state index in [1.807, 2.05) is 12.1 Å². The van der Waals surface area contributed by atoms with Gasteiger partial charge in [0.05, 0.1) is 0 Å². The van der Waals surface area contributed by atoms with Crippen LogP contribution in [0, 0.1) is 5.92 Å². The molecule has 1 saturated carbocycles. The molecule has 0 spiro atoms. The van der Waals surface area contributed by atoms with Crippen molar-refractivity contribution in [3.05, 3.63) is 29.8 Å². The van der Waals surface area contributed by atoms with Crippen LogP contribution in [0.1, 0.15) is 31.7 Å². The van der Waals surface area contributed by atoms with Crippen LogP contribution in [0.25, 0.3) is 0 Å². The molecule has 1 fully saturated rings. The van der Waals surface area contributed by atoms with Crippen molar-refractivity contribution in [2.45, 2.75) is 32.7 Å². The van der Waals surface area contributed by atoms with E-state index in [0.29, 0.717) is 0 Å². The van der Waals surface area contributed by atoms with Crippen LogP contribution in [-0.4, -0.2) is 12.5 Å². The number of benzene rings is 1. The molecule has 0 bridgehead atoms. The maximum Gasteiger partial charge on any atom is 0.227 e. The molecular weight excluding hydrogens is 212 g/mol. The van der Waals surface area contributed by atoms with Crippen molar-refractivity contribution in [2.24, 2.45) is 5.92 Å². The van der Waals surface area contributed by atoms with Crippen LogP contribution in [0.4, 0.5) is 5.69 Å². The first-order valence-electron chi connectivity index (χ1n) is 6.40. The van der Waals surface area contributed by atoms with Crippen LogP contribution < -0.4 is 10.6 Å². The molecule has 0 atom stereocenters. The minimum atomic E-state index is 0.168. The third kappa shape index (κ3) is 3.86. The molecule has 3 nitrogen and oxygen atoms in total. The highest BCUT2D eigenvalue weighted by molar-refractivity contribution is 5.93. The van der Waals surface area contributed by atoms with Gasteiger partial charge in [0, 0.05) is 18.2 Å². The molecule has 0 aliphatic heterocycles. The summed E-state index contributed by atoms with van der Waals surface area (Å²) in [4.78, 5) is 11.5. The normalized spacial score (nSPS) is 14.6. The molecule has 1 aromatic rings. The van der Waals surface area contributed by atoms with Gasteiger partial charge in [-0.15, -0.1) is 0 Å².